The molecule has 0 radical (unpaired) electrons. The second-order valence-electron chi connectivity index (χ2n) is 18.3. The van der Waals surface area contributed by atoms with Gasteiger partial charge in [0.1, 0.15) is 0 Å². The van der Waals surface area contributed by atoms with Gasteiger partial charge in [-0.25, -0.2) is 15.0 Å². The van der Waals surface area contributed by atoms with Crippen LogP contribution in [0, 0.1) is 23.7 Å². The van der Waals surface area contributed by atoms with Crippen LogP contribution in [0.25, 0.3) is 78.0 Å². The Balaban J connectivity index is 0.976. The molecule has 4 fully saturated rings. The van der Waals surface area contributed by atoms with Gasteiger partial charge in [-0.3, -0.25) is 0 Å². The molecule has 5 nitrogen and oxygen atoms in total. The van der Waals surface area contributed by atoms with E-state index in [1.807, 2.05) is 60.7 Å². The van der Waals surface area contributed by atoms with Crippen molar-refractivity contribution < 1.29 is 9.47 Å². The first-order chi connectivity index (χ1) is 30.7. The van der Waals surface area contributed by atoms with E-state index < -0.39 is 0 Å². The van der Waals surface area contributed by atoms with Crippen LogP contribution in [0.5, 0.6) is 23.0 Å². The number of rotatable bonds is 4. The Bertz CT molecular complexity index is 3250. The van der Waals surface area contributed by atoms with Crippen molar-refractivity contribution >= 4 is 21.5 Å². The fourth-order valence-corrected chi connectivity index (χ4v) is 13.0. The summed E-state index contributed by atoms with van der Waals surface area (Å²) in [5, 5.41) is 4.61. The van der Waals surface area contributed by atoms with E-state index in [0.717, 1.165) is 39.3 Å². The molecule has 6 aliphatic rings. The van der Waals surface area contributed by atoms with Crippen molar-refractivity contribution in [2.45, 2.75) is 37.5 Å². The second kappa shape index (κ2) is 13.0. The van der Waals surface area contributed by atoms with E-state index in [2.05, 4.69) is 103 Å². The van der Waals surface area contributed by atoms with Gasteiger partial charge in [0.05, 0.1) is 0 Å². The summed E-state index contributed by atoms with van der Waals surface area (Å²) in [5.74, 6) is 7.66. The molecule has 0 N–H and O–H groups in total. The smallest absolute Gasteiger partial charge is 0.170 e. The Morgan fingerprint density at radius 1 is 0.371 bits per heavy atom. The van der Waals surface area contributed by atoms with E-state index in [1.54, 1.807) is 11.1 Å². The zero-order valence-corrected chi connectivity index (χ0v) is 34.1. The lowest BCUT2D eigenvalue weighted by molar-refractivity contribution is -0.0399. The molecule has 8 aromatic carbocycles. The minimum absolute atomic E-state index is 0.0905. The predicted octanol–water partition coefficient (Wildman–Crippen LogP) is 14.5. The van der Waals surface area contributed by atoms with E-state index >= 15 is 0 Å². The maximum absolute atomic E-state index is 6.35. The van der Waals surface area contributed by atoms with Crippen LogP contribution in [0.15, 0.2) is 164 Å². The fraction of sp³-hybridized carbons (Fsp3) is 0.175. The molecule has 0 atom stereocenters. The minimum Gasteiger partial charge on any atom is -0.450 e. The topological polar surface area (TPSA) is 57.1 Å². The molecule has 4 saturated carbocycles. The Morgan fingerprint density at radius 2 is 0.887 bits per heavy atom. The van der Waals surface area contributed by atoms with Crippen LogP contribution in [-0.2, 0) is 5.41 Å². The molecule has 9 aromatic rings. The van der Waals surface area contributed by atoms with Crippen LogP contribution in [0.2, 0.25) is 0 Å². The molecule has 0 amide bonds. The highest BCUT2D eigenvalue weighted by molar-refractivity contribution is 6.21. The molecule has 1 aromatic heterocycles. The average molecular weight is 800 g/mol. The number of benzene rings is 8. The highest BCUT2D eigenvalue weighted by Crippen LogP contribution is 2.69. The third-order valence-electron chi connectivity index (χ3n) is 15.2. The summed E-state index contributed by atoms with van der Waals surface area (Å²) in [6, 6.07) is 58.5. The lowest BCUT2D eigenvalue weighted by atomic mass is 9.43. The normalized spacial score (nSPS) is 22.2. The van der Waals surface area contributed by atoms with Gasteiger partial charge in [-0.15, -0.1) is 0 Å². The summed E-state index contributed by atoms with van der Waals surface area (Å²) in [6.45, 7) is 0. The van der Waals surface area contributed by atoms with Gasteiger partial charge in [0.2, 0.25) is 0 Å². The number of hydrogen-bond donors (Lipinski definition) is 0. The summed E-state index contributed by atoms with van der Waals surface area (Å²) in [5.41, 5.74) is 11.4. The van der Waals surface area contributed by atoms with Crippen molar-refractivity contribution in [3.05, 3.63) is 175 Å². The van der Waals surface area contributed by atoms with Crippen molar-refractivity contribution in [3.8, 4) is 79.4 Å². The number of para-hydroxylation sites is 2. The van der Waals surface area contributed by atoms with Crippen LogP contribution >= 0.6 is 0 Å². The highest BCUT2D eigenvalue weighted by Gasteiger charge is 2.61. The Hall–Kier alpha value is -7.11. The molecule has 4 bridgehead atoms. The molecule has 0 unspecified atom stereocenters. The van der Waals surface area contributed by atoms with Crippen LogP contribution < -0.4 is 9.47 Å². The van der Waals surface area contributed by atoms with Crippen molar-refractivity contribution in [2.75, 3.05) is 0 Å². The lowest BCUT2D eigenvalue weighted by Gasteiger charge is -2.61. The third kappa shape index (κ3) is 4.88. The first-order valence-electron chi connectivity index (χ1n) is 22.3. The zero-order valence-electron chi connectivity index (χ0n) is 34.1. The SMILES string of the molecule is c1ccc(-c2nc(-c3ccc4c(c3)Oc3ccccc3O4)nc(-c3c4ccccc4c(-c4ccc5c(c4)C4(c6ccccc6-5)C5CC6CC(C5)CC4C6)c4ccccc34)n2)cc1. The van der Waals surface area contributed by atoms with Crippen LogP contribution in [0.1, 0.15) is 43.2 Å². The molecule has 1 spiro atoms. The maximum atomic E-state index is 6.35. The standard InChI is InChI=1S/C57H41N3O2/c1-2-12-35(13-3-1)54-58-55(37-23-25-50-51(32-37)62-49-21-11-10-20-48(49)61-50)60-56(59-54)53-44-17-6-4-15-42(44)52(43-16-5-7-18-45(43)53)36-22-24-41-40-14-8-9-19-46(40)57(47(41)31-36)38-27-33-26-34(29-38)30-39(57)28-33/h1-25,31-34,38-39H,26-30H2. The van der Waals surface area contributed by atoms with Crippen LogP contribution in [-0.4, -0.2) is 15.0 Å². The Kier molecular flexibility index (Phi) is 7.22. The Labute approximate surface area is 360 Å². The molecule has 5 heteroatoms. The van der Waals surface area contributed by atoms with Crippen molar-refractivity contribution in [1.82, 2.24) is 15.0 Å². The lowest BCUT2D eigenvalue weighted by Crippen LogP contribution is -2.55. The second-order valence-corrected chi connectivity index (χ2v) is 18.3. The van der Waals surface area contributed by atoms with E-state index in [1.165, 1.54) is 65.1 Å². The predicted molar refractivity (Wildman–Crippen MR) is 246 cm³/mol. The first kappa shape index (κ1) is 34.6. The number of aromatic nitrogens is 3. The van der Waals surface area contributed by atoms with Crippen LogP contribution in [0.3, 0.4) is 0 Å². The van der Waals surface area contributed by atoms with E-state index in [-0.39, 0.29) is 5.41 Å². The van der Waals surface area contributed by atoms with E-state index in [4.69, 9.17) is 24.4 Å². The van der Waals surface area contributed by atoms with Crippen molar-refractivity contribution in [2.24, 2.45) is 23.7 Å². The number of fused-ring (bicyclic) bond motifs is 7. The molecule has 62 heavy (non-hydrogen) atoms. The van der Waals surface area contributed by atoms with Gasteiger partial charge in [-0.1, -0.05) is 127 Å². The van der Waals surface area contributed by atoms with Gasteiger partial charge in [0.15, 0.2) is 40.5 Å². The molecular weight excluding hydrogens is 759 g/mol. The van der Waals surface area contributed by atoms with Gasteiger partial charge >= 0.3 is 0 Å². The molecule has 0 saturated heterocycles. The molecule has 296 valence electrons. The summed E-state index contributed by atoms with van der Waals surface area (Å²) < 4.78 is 12.6. The highest BCUT2D eigenvalue weighted by atomic mass is 16.6. The number of hydrogen-bond acceptors (Lipinski definition) is 5. The van der Waals surface area contributed by atoms with Crippen LogP contribution in [0.4, 0.5) is 0 Å². The molecule has 2 heterocycles. The van der Waals surface area contributed by atoms with Gasteiger partial charge in [-0.05, 0) is 147 Å². The Morgan fingerprint density at radius 3 is 1.58 bits per heavy atom. The van der Waals surface area contributed by atoms with Crippen molar-refractivity contribution in [3.63, 3.8) is 0 Å². The van der Waals surface area contributed by atoms with Gasteiger partial charge < -0.3 is 9.47 Å². The molecule has 1 aliphatic heterocycles. The van der Waals surface area contributed by atoms with E-state index in [9.17, 15) is 0 Å². The fourth-order valence-electron chi connectivity index (χ4n) is 13.0. The molecular formula is C57H41N3O2. The zero-order chi connectivity index (χ0) is 40.5. The number of nitrogens with zero attached hydrogens (tertiary/aromatic N) is 3. The summed E-state index contributed by atoms with van der Waals surface area (Å²) in [7, 11) is 0. The van der Waals surface area contributed by atoms with Gasteiger partial charge in [0.25, 0.3) is 0 Å². The van der Waals surface area contributed by atoms with E-state index in [0.29, 0.717) is 52.3 Å². The summed E-state index contributed by atoms with van der Waals surface area (Å²) in [6.07, 6.45) is 6.91. The maximum Gasteiger partial charge on any atom is 0.170 e. The molecule has 5 aliphatic carbocycles. The minimum atomic E-state index is 0.0905. The van der Waals surface area contributed by atoms with Gasteiger partial charge in [0, 0.05) is 22.1 Å². The number of ether oxygens (including phenoxy) is 2. The quantitative estimate of drug-likeness (QED) is 0.166. The molecule has 15 rings (SSSR count). The largest absolute Gasteiger partial charge is 0.450 e. The first-order valence-corrected chi connectivity index (χ1v) is 22.3. The monoisotopic (exact) mass is 799 g/mol. The average Bonchev–Trinajstić information content (AvgIpc) is 3.61. The summed E-state index contributed by atoms with van der Waals surface area (Å²) >= 11 is 0. The van der Waals surface area contributed by atoms with Gasteiger partial charge in [-0.2, -0.15) is 0 Å². The third-order valence-corrected chi connectivity index (χ3v) is 15.2. The van der Waals surface area contributed by atoms with Crippen molar-refractivity contribution in [1.29, 1.82) is 0 Å². The summed E-state index contributed by atoms with van der Waals surface area (Å²) in [4.78, 5) is 15.8.